The van der Waals surface area contributed by atoms with E-state index in [9.17, 15) is 9.59 Å². The maximum Gasteiger partial charge on any atom is 0.358 e. The number of hydrogen-bond donors (Lipinski definition) is 2. The van der Waals surface area contributed by atoms with Gasteiger partial charge in [-0.25, -0.2) is 9.78 Å². The van der Waals surface area contributed by atoms with Gasteiger partial charge in [0.05, 0.1) is 0 Å². The van der Waals surface area contributed by atoms with Crippen molar-refractivity contribution in [2.45, 2.75) is 27.2 Å². The maximum atomic E-state index is 11.5. The number of carboxylic acids is 1. The number of nitrogens with one attached hydrogen (secondary N) is 1. The Hall–Kier alpha value is -2.11. The van der Waals surface area contributed by atoms with E-state index in [-0.39, 0.29) is 24.0 Å². The monoisotopic (exact) mass is 280 g/mol. The van der Waals surface area contributed by atoms with E-state index in [1.807, 2.05) is 0 Å². The standard InChI is InChI=1S/C14H20N2O4/c1-9(2)6-7-15-12(17)8-20-11-5-4-10(3)16-13(11)14(18)19/h4-5,9H,6-8H2,1-3H3,(H,15,17)(H,18,19). The minimum atomic E-state index is -1.18. The van der Waals surface area contributed by atoms with E-state index in [1.165, 1.54) is 6.07 Å². The minimum absolute atomic E-state index is 0.0992. The Kier molecular flexibility index (Phi) is 5.96. The Bertz CT molecular complexity index is 486. The molecule has 0 aliphatic rings. The van der Waals surface area contributed by atoms with Gasteiger partial charge in [-0.15, -0.1) is 0 Å². The Morgan fingerprint density at radius 1 is 1.40 bits per heavy atom. The predicted molar refractivity (Wildman–Crippen MR) is 73.9 cm³/mol. The second-order valence-corrected chi connectivity index (χ2v) is 4.93. The Balaban J connectivity index is 2.53. The van der Waals surface area contributed by atoms with Gasteiger partial charge in [0, 0.05) is 12.2 Å². The highest BCUT2D eigenvalue weighted by molar-refractivity contribution is 5.88. The Labute approximate surface area is 118 Å². The molecule has 6 heteroatoms. The van der Waals surface area contributed by atoms with Crippen LogP contribution < -0.4 is 10.1 Å². The number of pyridine rings is 1. The van der Waals surface area contributed by atoms with Crippen molar-refractivity contribution in [2.24, 2.45) is 5.92 Å². The molecule has 0 spiro atoms. The summed E-state index contributed by atoms with van der Waals surface area (Å²) in [5.41, 5.74) is 0.399. The number of amides is 1. The molecule has 0 saturated carbocycles. The maximum absolute atomic E-state index is 11.5. The molecule has 1 aromatic rings. The van der Waals surface area contributed by atoms with Crippen LogP contribution in [0.15, 0.2) is 12.1 Å². The van der Waals surface area contributed by atoms with Crippen molar-refractivity contribution >= 4 is 11.9 Å². The zero-order valence-electron chi connectivity index (χ0n) is 12.0. The van der Waals surface area contributed by atoms with Crippen molar-refractivity contribution < 1.29 is 19.4 Å². The first kappa shape index (κ1) is 15.9. The van der Waals surface area contributed by atoms with Crippen LogP contribution in [-0.4, -0.2) is 35.1 Å². The molecule has 0 aromatic carbocycles. The molecule has 0 bridgehead atoms. The summed E-state index contributed by atoms with van der Waals surface area (Å²) in [6.07, 6.45) is 0.887. The highest BCUT2D eigenvalue weighted by Gasteiger charge is 2.14. The van der Waals surface area contributed by atoms with Crippen LogP contribution in [0.25, 0.3) is 0 Å². The van der Waals surface area contributed by atoms with Gasteiger partial charge in [0.15, 0.2) is 18.1 Å². The second kappa shape index (κ2) is 7.47. The highest BCUT2D eigenvalue weighted by Crippen LogP contribution is 2.16. The predicted octanol–water partition coefficient (Wildman–Crippen LogP) is 1.63. The number of carboxylic acid groups (broad SMARTS) is 1. The van der Waals surface area contributed by atoms with Crippen molar-refractivity contribution in [3.8, 4) is 5.75 Å². The molecule has 1 amide bonds. The molecule has 0 aliphatic carbocycles. The summed E-state index contributed by atoms with van der Waals surface area (Å²) in [6.45, 7) is 6.19. The zero-order valence-corrected chi connectivity index (χ0v) is 12.0. The molecule has 0 saturated heterocycles. The van der Waals surface area contributed by atoms with E-state index in [0.717, 1.165) is 6.42 Å². The smallest absolute Gasteiger partial charge is 0.358 e. The molecule has 1 rings (SSSR count). The molecular weight excluding hydrogens is 260 g/mol. The third-order valence-electron chi connectivity index (χ3n) is 2.60. The second-order valence-electron chi connectivity index (χ2n) is 4.93. The van der Waals surface area contributed by atoms with Crippen LogP contribution in [0.3, 0.4) is 0 Å². The third kappa shape index (κ3) is 5.26. The highest BCUT2D eigenvalue weighted by atomic mass is 16.5. The number of aryl methyl sites for hydroxylation is 1. The normalized spacial score (nSPS) is 10.4. The van der Waals surface area contributed by atoms with Crippen LogP contribution in [0.5, 0.6) is 5.75 Å². The van der Waals surface area contributed by atoms with E-state index in [0.29, 0.717) is 18.2 Å². The van der Waals surface area contributed by atoms with Gasteiger partial charge in [0.2, 0.25) is 0 Å². The van der Waals surface area contributed by atoms with E-state index in [4.69, 9.17) is 9.84 Å². The van der Waals surface area contributed by atoms with E-state index in [1.54, 1.807) is 13.0 Å². The SMILES string of the molecule is Cc1ccc(OCC(=O)NCCC(C)C)c(C(=O)O)n1. The van der Waals surface area contributed by atoms with Crippen LogP contribution in [0.2, 0.25) is 0 Å². The number of aromatic nitrogens is 1. The largest absolute Gasteiger partial charge is 0.481 e. The summed E-state index contributed by atoms with van der Waals surface area (Å²) < 4.78 is 5.22. The van der Waals surface area contributed by atoms with Crippen molar-refractivity contribution in [3.05, 3.63) is 23.5 Å². The van der Waals surface area contributed by atoms with Gasteiger partial charge in [-0.3, -0.25) is 4.79 Å². The lowest BCUT2D eigenvalue weighted by Gasteiger charge is -2.10. The van der Waals surface area contributed by atoms with Gasteiger partial charge in [-0.05, 0) is 31.4 Å². The number of ether oxygens (including phenoxy) is 1. The lowest BCUT2D eigenvalue weighted by molar-refractivity contribution is -0.123. The molecule has 0 radical (unpaired) electrons. The van der Waals surface area contributed by atoms with E-state index >= 15 is 0 Å². The molecule has 0 aliphatic heterocycles. The average molecular weight is 280 g/mol. The first-order valence-corrected chi connectivity index (χ1v) is 6.50. The number of rotatable bonds is 7. The number of hydrogen-bond acceptors (Lipinski definition) is 4. The van der Waals surface area contributed by atoms with Crippen molar-refractivity contribution in [1.82, 2.24) is 10.3 Å². The summed E-state index contributed by atoms with van der Waals surface area (Å²) >= 11 is 0. The fraction of sp³-hybridized carbons (Fsp3) is 0.500. The van der Waals surface area contributed by atoms with Crippen molar-refractivity contribution in [1.29, 1.82) is 0 Å². The Morgan fingerprint density at radius 2 is 2.10 bits per heavy atom. The van der Waals surface area contributed by atoms with Gasteiger partial charge in [-0.2, -0.15) is 0 Å². The topological polar surface area (TPSA) is 88.5 Å². The summed E-state index contributed by atoms with van der Waals surface area (Å²) in [5.74, 6) is -0.843. The summed E-state index contributed by atoms with van der Waals surface area (Å²) in [4.78, 5) is 26.4. The van der Waals surface area contributed by atoms with Crippen LogP contribution in [0.1, 0.15) is 36.5 Å². The quantitative estimate of drug-likeness (QED) is 0.792. The zero-order chi connectivity index (χ0) is 15.1. The lowest BCUT2D eigenvalue weighted by atomic mass is 10.1. The van der Waals surface area contributed by atoms with Gasteiger partial charge in [0.25, 0.3) is 5.91 Å². The molecule has 2 N–H and O–H groups in total. The fourth-order valence-electron chi connectivity index (χ4n) is 1.51. The number of nitrogens with zero attached hydrogens (tertiary/aromatic N) is 1. The van der Waals surface area contributed by atoms with Crippen LogP contribution in [-0.2, 0) is 4.79 Å². The van der Waals surface area contributed by atoms with E-state index < -0.39 is 5.97 Å². The molecule has 0 unspecified atom stereocenters. The first-order valence-electron chi connectivity index (χ1n) is 6.50. The van der Waals surface area contributed by atoms with Crippen LogP contribution in [0, 0.1) is 12.8 Å². The molecule has 0 fully saturated rings. The lowest BCUT2D eigenvalue weighted by Crippen LogP contribution is -2.30. The average Bonchev–Trinajstić information content (AvgIpc) is 2.36. The fourth-order valence-corrected chi connectivity index (χ4v) is 1.51. The molecule has 0 atom stereocenters. The molecule has 1 aromatic heterocycles. The Morgan fingerprint density at radius 3 is 2.70 bits per heavy atom. The summed E-state index contributed by atoms with van der Waals surface area (Å²) in [7, 11) is 0. The van der Waals surface area contributed by atoms with Crippen LogP contribution >= 0.6 is 0 Å². The van der Waals surface area contributed by atoms with Gasteiger partial charge < -0.3 is 15.2 Å². The minimum Gasteiger partial charge on any atom is -0.481 e. The van der Waals surface area contributed by atoms with Crippen LogP contribution in [0.4, 0.5) is 0 Å². The van der Waals surface area contributed by atoms with Gasteiger partial charge in [-0.1, -0.05) is 13.8 Å². The third-order valence-corrected chi connectivity index (χ3v) is 2.60. The molecule has 6 nitrogen and oxygen atoms in total. The van der Waals surface area contributed by atoms with E-state index in [2.05, 4.69) is 24.1 Å². The summed E-state index contributed by atoms with van der Waals surface area (Å²) in [6, 6.07) is 3.14. The molecule has 20 heavy (non-hydrogen) atoms. The first-order chi connectivity index (χ1) is 9.40. The van der Waals surface area contributed by atoms with Crippen molar-refractivity contribution in [2.75, 3.05) is 13.2 Å². The number of carbonyl (C=O) groups is 2. The van der Waals surface area contributed by atoms with Crippen molar-refractivity contribution in [3.63, 3.8) is 0 Å². The molecular formula is C14H20N2O4. The van der Waals surface area contributed by atoms with Gasteiger partial charge in [0.1, 0.15) is 0 Å². The summed E-state index contributed by atoms with van der Waals surface area (Å²) in [5, 5.41) is 11.7. The number of carbonyl (C=O) groups excluding carboxylic acids is 1. The van der Waals surface area contributed by atoms with Gasteiger partial charge >= 0.3 is 5.97 Å². The number of aromatic carboxylic acids is 1. The molecule has 1 heterocycles. The molecule has 110 valence electrons.